The molecule has 1 amide bonds. The Kier molecular flexibility index (Phi) is 5.43. The Bertz CT molecular complexity index is 396. The van der Waals surface area contributed by atoms with Gasteiger partial charge >= 0.3 is 0 Å². The molecule has 1 aromatic carbocycles. The van der Waals surface area contributed by atoms with Gasteiger partial charge in [-0.3, -0.25) is 4.79 Å². The molecule has 1 aliphatic carbocycles. The van der Waals surface area contributed by atoms with Gasteiger partial charge in [0.1, 0.15) is 0 Å². The first-order valence-electron chi connectivity index (χ1n) is 5.48. The molecule has 2 rings (SSSR count). The number of hydrogen-bond donors (Lipinski definition) is 2. The molecule has 5 heteroatoms. The third-order valence-electron chi connectivity index (χ3n) is 2.88. The summed E-state index contributed by atoms with van der Waals surface area (Å²) in [6.45, 7) is 0.515. The summed E-state index contributed by atoms with van der Waals surface area (Å²) < 4.78 is 0.819. The van der Waals surface area contributed by atoms with E-state index in [0.717, 1.165) is 4.47 Å². The summed E-state index contributed by atoms with van der Waals surface area (Å²) in [6.07, 6.45) is 2.36. The van der Waals surface area contributed by atoms with Crippen LogP contribution in [-0.4, -0.2) is 18.5 Å². The second-order valence-corrected chi connectivity index (χ2v) is 4.99. The van der Waals surface area contributed by atoms with E-state index in [0.29, 0.717) is 18.0 Å². The van der Waals surface area contributed by atoms with Gasteiger partial charge in [-0.2, -0.15) is 0 Å². The van der Waals surface area contributed by atoms with Crippen molar-refractivity contribution in [2.75, 3.05) is 6.54 Å². The summed E-state index contributed by atoms with van der Waals surface area (Å²) >= 11 is 3.37. The lowest BCUT2D eigenvalue weighted by molar-refractivity contribution is 0.0932. The predicted molar refractivity (Wildman–Crippen MR) is 74.4 cm³/mol. The third-order valence-corrected chi connectivity index (χ3v) is 3.57. The number of carbonyl (C=O) groups excluding carboxylic acids is 1. The molecule has 0 radical (unpaired) electrons. The van der Waals surface area contributed by atoms with Crippen molar-refractivity contribution in [3.8, 4) is 0 Å². The van der Waals surface area contributed by atoms with Gasteiger partial charge in [-0.05, 0) is 46.8 Å². The van der Waals surface area contributed by atoms with Crippen LogP contribution < -0.4 is 11.1 Å². The van der Waals surface area contributed by atoms with Crippen molar-refractivity contribution in [3.63, 3.8) is 0 Å². The zero-order chi connectivity index (χ0) is 11.5. The Hall–Kier alpha value is -0.580. The molecular weight excluding hydrogens is 304 g/mol. The lowest BCUT2D eigenvalue weighted by Gasteiger charge is -2.16. The Labute approximate surface area is 116 Å². The molecule has 3 N–H and O–H groups in total. The predicted octanol–water partition coefficient (Wildman–Crippen LogP) is 2.34. The smallest absolute Gasteiger partial charge is 0.252 e. The highest BCUT2D eigenvalue weighted by atomic mass is 79.9. The quantitative estimate of drug-likeness (QED) is 0.895. The van der Waals surface area contributed by atoms with E-state index in [-0.39, 0.29) is 24.4 Å². The molecule has 1 aliphatic rings. The molecule has 94 valence electrons. The molecule has 0 aromatic heterocycles. The fraction of sp³-hybridized carbons (Fsp3) is 0.417. The third kappa shape index (κ3) is 3.69. The molecular formula is C12H16BrClN2O. The summed E-state index contributed by atoms with van der Waals surface area (Å²) in [5, 5.41) is 2.99. The number of nitrogens with two attached hydrogens (primary N) is 1. The second-order valence-electron chi connectivity index (χ2n) is 4.13. The first-order valence-corrected chi connectivity index (χ1v) is 6.27. The van der Waals surface area contributed by atoms with Gasteiger partial charge in [0.05, 0.1) is 5.56 Å². The SMILES string of the molecule is Cl.NCC(NC(=O)c1ccccc1Br)C1CC1. The average molecular weight is 320 g/mol. The van der Waals surface area contributed by atoms with Crippen molar-refractivity contribution in [2.45, 2.75) is 18.9 Å². The molecule has 0 spiro atoms. The van der Waals surface area contributed by atoms with E-state index >= 15 is 0 Å². The van der Waals surface area contributed by atoms with Gasteiger partial charge in [-0.25, -0.2) is 0 Å². The van der Waals surface area contributed by atoms with Crippen LogP contribution >= 0.6 is 28.3 Å². The van der Waals surface area contributed by atoms with Gasteiger partial charge in [-0.15, -0.1) is 12.4 Å². The highest BCUT2D eigenvalue weighted by Gasteiger charge is 2.31. The molecule has 1 fully saturated rings. The van der Waals surface area contributed by atoms with E-state index in [1.807, 2.05) is 18.2 Å². The maximum atomic E-state index is 12.0. The maximum absolute atomic E-state index is 12.0. The summed E-state index contributed by atoms with van der Waals surface area (Å²) in [6, 6.07) is 7.54. The summed E-state index contributed by atoms with van der Waals surface area (Å²) in [4.78, 5) is 12.0. The summed E-state index contributed by atoms with van der Waals surface area (Å²) in [5.74, 6) is 0.534. The first-order chi connectivity index (χ1) is 7.72. The molecule has 17 heavy (non-hydrogen) atoms. The van der Waals surface area contributed by atoms with Crippen LogP contribution in [-0.2, 0) is 0 Å². The Balaban J connectivity index is 0.00000144. The molecule has 1 atom stereocenters. The van der Waals surface area contributed by atoms with Crippen LogP contribution in [0.25, 0.3) is 0 Å². The zero-order valence-electron chi connectivity index (χ0n) is 9.36. The lowest BCUT2D eigenvalue weighted by Crippen LogP contribution is -2.41. The fourth-order valence-electron chi connectivity index (χ4n) is 1.76. The van der Waals surface area contributed by atoms with Crippen LogP contribution in [0.3, 0.4) is 0 Å². The van der Waals surface area contributed by atoms with Gasteiger partial charge in [0.25, 0.3) is 5.91 Å². The van der Waals surface area contributed by atoms with Crippen molar-refractivity contribution in [2.24, 2.45) is 11.7 Å². The van der Waals surface area contributed by atoms with Crippen molar-refractivity contribution < 1.29 is 4.79 Å². The van der Waals surface area contributed by atoms with Crippen LogP contribution in [0.5, 0.6) is 0 Å². The van der Waals surface area contributed by atoms with Gasteiger partial charge in [0, 0.05) is 17.1 Å². The Morgan fingerprint density at radius 2 is 2.12 bits per heavy atom. The van der Waals surface area contributed by atoms with E-state index in [4.69, 9.17) is 5.73 Å². The molecule has 0 bridgehead atoms. The number of hydrogen-bond acceptors (Lipinski definition) is 2. The van der Waals surface area contributed by atoms with Crippen LogP contribution in [0.15, 0.2) is 28.7 Å². The summed E-state index contributed by atoms with van der Waals surface area (Å²) in [5.41, 5.74) is 6.32. The Morgan fingerprint density at radius 1 is 1.47 bits per heavy atom. The normalized spacial score (nSPS) is 15.9. The standard InChI is InChI=1S/C12H15BrN2O.ClH/c13-10-4-2-1-3-9(10)12(16)15-11(7-14)8-5-6-8;/h1-4,8,11H,5-7,14H2,(H,15,16);1H. The number of nitrogens with one attached hydrogen (secondary N) is 1. The molecule has 3 nitrogen and oxygen atoms in total. The average Bonchev–Trinajstić information content (AvgIpc) is 3.10. The largest absolute Gasteiger partial charge is 0.348 e. The highest BCUT2D eigenvalue weighted by molar-refractivity contribution is 9.10. The van der Waals surface area contributed by atoms with Crippen molar-refractivity contribution in [3.05, 3.63) is 34.3 Å². The number of rotatable bonds is 4. The van der Waals surface area contributed by atoms with Gasteiger partial charge < -0.3 is 11.1 Å². The minimum atomic E-state index is -0.0465. The van der Waals surface area contributed by atoms with Crippen molar-refractivity contribution in [1.29, 1.82) is 0 Å². The van der Waals surface area contributed by atoms with Gasteiger partial charge in [0.15, 0.2) is 0 Å². The minimum Gasteiger partial charge on any atom is -0.348 e. The molecule has 0 heterocycles. The molecule has 1 aromatic rings. The molecule has 0 aliphatic heterocycles. The fourth-order valence-corrected chi connectivity index (χ4v) is 2.22. The Morgan fingerprint density at radius 3 is 2.65 bits per heavy atom. The van der Waals surface area contributed by atoms with Crippen molar-refractivity contribution >= 4 is 34.2 Å². The van der Waals surface area contributed by atoms with Gasteiger partial charge in [-0.1, -0.05) is 12.1 Å². The second kappa shape index (κ2) is 6.38. The van der Waals surface area contributed by atoms with E-state index in [9.17, 15) is 4.79 Å². The summed E-state index contributed by atoms with van der Waals surface area (Å²) in [7, 11) is 0. The van der Waals surface area contributed by atoms with E-state index in [1.165, 1.54) is 12.8 Å². The maximum Gasteiger partial charge on any atom is 0.252 e. The minimum absolute atomic E-state index is 0. The molecule has 1 unspecified atom stereocenters. The number of halogens is 2. The van der Waals surface area contributed by atoms with Crippen LogP contribution in [0.1, 0.15) is 23.2 Å². The van der Waals surface area contributed by atoms with Crippen LogP contribution in [0.4, 0.5) is 0 Å². The van der Waals surface area contributed by atoms with E-state index in [2.05, 4.69) is 21.2 Å². The van der Waals surface area contributed by atoms with E-state index < -0.39 is 0 Å². The molecule has 1 saturated carbocycles. The number of benzene rings is 1. The van der Waals surface area contributed by atoms with Gasteiger partial charge in [0.2, 0.25) is 0 Å². The van der Waals surface area contributed by atoms with E-state index in [1.54, 1.807) is 6.07 Å². The monoisotopic (exact) mass is 318 g/mol. The van der Waals surface area contributed by atoms with Crippen LogP contribution in [0.2, 0.25) is 0 Å². The first kappa shape index (κ1) is 14.5. The number of carbonyl (C=O) groups is 1. The van der Waals surface area contributed by atoms with Crippen LogP contribution in [0, 0.1) is 5.92 Å². The molecule has 0 saturated heterocycles. The van der Waals surface area contributed by atoms with Crippen molar-refractivity contribution in [1.82, 2.24) is 5.32 Å². The zero-order valence-corrected chi connectivity index (χ0v) is 11.8. The lowest BCUT2D eigenvalue weighted by atomic mass is 10.1. The topological polar surface area (TPSA) is 55.1 Å². The highest BCUT2D eigenvalue weighted by Crippen LogP contribution is 2.32. The number of amides is 1.